The fourth-order valence-electron chi connectivity index (χ4n) is 1.97. The van der Waals surface area contributed by atoms with Crippen molar-refractivity contribution in [1.82, 2.24) is 10.3 Å². The van der Waals surface area contributed by atoms with Crippen LogP contribution in [0.15, 0.2) is 30.3 Å². The molecule has 2 rings (SSSR count). The Hall–Kier alpha value is -1.69. The maximum atomic E-state index is 12.2. The molecule has 21 heavy (non-hydrogen) atoms. The second kappa shape index (κ2) is 7.93. The Bertz CT molecular complexity index is 619. The average molecular weight is 309 g/mol. The van der Waals surface area contributed by atoms with Gasteiger partial charge in [-0.1, -0.05) is 29.8 Å². The number of carbonyl (C=O) groups excluding carboxylic acids is 1. The summed E-state index contributed by atoms with van der Waals surface area (Å²) in [5.74, 6) is -0.183. The van der Waals surface area contributed by atoms with Crippen LogP contribution in [-0.2, 0) is 4.74 Å². The summed E-state index contributed by atoms with van der Waals surface area (Å²) < 4.78 is 5.13. The molecule has 0 saturated heterocycles. The number of halogens is 1. The molecule has 1 amide bonds. The molecule has 1 heterocycles. The number of hydrogen-bond donors (Lipinski definition) is 2. The summed E-state index contributed by atoms with van der Waals surface area (Å²) in [5.41, 5.74) is 1.21. The van der Waals surface area contributed by atoms with Gasteiger partial charge in [-0.25, -0.2) is 4.98 Å². The first-order valence-corrected chi connectivity index (χ1v) is 7.12. The minimum atomic E-state index is -0.183. The van der Waals surface area contributed by atoms with Gasteiger partial charge in [0.05, 0.1) is 24.3 Å². The van der Waals surface area contributed by atoms with Crippen LogP contribution < -0.4 is 5.32 Å². The van der Waals surface area contributed by atoms with Gasteiger partial charge in [0.25, 0.3) is 5.91 Å². The SMILES string of the molecule is O=C(NCCCOCCO)c1cc(Cl)nc2ccccc12. The smallest absolute Gasteiger partial charge is 0.252 e. The van der Waals surface area contributed by atoms with E-state index in [4.69, 9.17) is 21.4 Å². The highest BCUT2D eigenvalue weighted by Crippen LogP contribution is 2.20. The topological polar surface area (TPSA) is 71.5 Å². The predicted molar refractivity (Wildman–Crippen MR) is 81.6 cm³/mol. The van der Waals surface area contributed by atoms with Crippen LogP contribution in [0.3, 0.4) is 0 Å². The van der Waals surface area contributed by atoms with Crippen molar-refractivity contribution in [2.45, 2.75) is 6.42 Å². The van der Waals surface area contributed by atoms with Gasteiger partial charge in [-0.15, -0.1) is 0 Å². The number of aliphatic hydroxyl groups is 1. The van der Waals surface area contributed by atoms with Crippen LogP contribution in [0.25, 0.3) is 10.9 Å². The van der Waals surface area contributed by atoms with Gasteiger partial charge in [-0.3, -0.25) is 4.79 Å². The number of hydrogen-bond acceptors (Lipinski definition) is 4. The van der Waals surface area contributed by atoms with Gasteiger partial charge in [-0.2, -0.15) is 0 Å². The number of ether oxygens (including phenoxy) is 1. The maximum Gasteiger partial charge on any atom is 0.252 e. The average Bonchev–Trinajstić information content (AvgIpc) is 2.49. The van der Waals surface area contributed by atoms with E-state index in [1.807, 2.05) is 24.3 Å². The first-order valence-electron chi connectivity index (χ1n) is 6.74. The molecule has 0 aliphatic rings. The number of rotatable bonds is 7. The lowest BCUT2D eigenvalue weighted by Gasteiger charge is -2.08. The summed E-state index contributed by atoms with van der Waals surface area (Å²) >= 11 is 5.95. The molecule has 0 aliphatic carbocycles. The molecule has 0 saturated carbocycles. The molecule has 0 fully saturated rings. The van der Waals surface area contributed by atoms with E-state index in [0.717, 1.165) is 5.39 Å². The largest absolute Gasteiger partial charge is 0.394 e. The van der Waals surface area contributed by atoms with Crippen LogP contribution in [0.2, 0.25) is 5.15 Å². The molecule has 0 radical (unpaired) electrons. The summed E-state index contributed by atoms with van der Waals surface area (Å²) in [6, 6.07) is 8.95. The van der Waals surface area contributed by atoms with E-state index >= 15 is 0 Å². The fourth-order valence-corrected chi connectivity index (χ4v) is 2.17. The highest BCUT2D eigenvalue weighted by molar-refractivity contribution is 6.30. The summed E-state index contributed by atoms with van der Waals surface area (Å²) in [4.78, 5) is 16.4. The van der Waals surface area contributed by atoms with Gasteiger partial charge >= 0.3 is 0 Å². The predicted octanol–water partition coefficient (Wildman–Crippen LogP) is 2.02. The number of pyridine rings is 1. The Morgan fingerprint density at radius 3 is 2.95 bits per heavy atom. The number of benzene rings is 1. The third kappa shape index (κ3) is 4.39. The lowest BCUT2D eigenvalue weighted by Crippen LogP contribution is -2.25. The van der Waals surface area contributed by atoms with Crippen LogP contribution in [0.4, 0.5) is 0 Å². The monoisotopic (exact) mass is 308 g/mol. The van der Waals surface area contributed by atoms with Crippen molar-refractivity contribution in [3.63, 3.8) is 0 Å². The van der Waals surface area contributed by atoms with Crippen molar-refractivity contribution >= 4 is 28.4 Å². The zero-order chi connectivity index (χ0) is 15.1. The van der Waals surface area contributed by atoms with E-state index in [2.05, 4.69) is 10.3 Å². The van der Waals surface area contributed by atoms with E-state index in [-0.39, 0.29) is 12.5 Å². The Labute approximate surface area is 127 Å². The molecule has 2 N–H and O–H groups in total. The summed E-state index contributed by atoms with van der Waals surface area (Å²) in [5, 5.41) is 12.5. The number of carbonyl (C=O) groups is 1. The molecule has 0 atom stereocenters. The highest BCUT2D eigenvalue weighted by Gasteiger charge is 2.11. The zero-order valence-electron chi connectivity index (χ0n) is 11.5. The third-order valence-electron chi connectivity index (χ3n) is 2.92. The molecule has 2 aromatic rings. The number of nitrogens with zero attached hydrogens (tertiary/aromatic N) is 1. The standard InChI is InChI=1S/C15H17ClN2O3/c16-14-10-12(11-4-1-2-5-13(11)18-14)15(20)17-6-3-8-21-9-7-19/h1-2,4-5,10,19H,3,6-9H2,(H,17,20). The van der Waals surface area contributed by atoms with E-state index in [1.54, 1.807) is 6.07 Å². The van der Waals surface area contributed by atoms with Gasteiger partial charge in [0.2, 0.25) is 0 Å². The van der Waals surface area contributed by atoms with Crippen LogP contribution in [0.1, 0.15) is 16.8 Å². The number of aromatic nitrogens is 1. The summed E-state index contributed by atoms with van der Waals surface area (Å²) in [6.07, 6.45) is 0.683. The van der Waals surface area contributed by atoms with Crippen molar-refractivity contribution in [3.05, 3.63) is 41.0 Å². The first kappa shape index (κ1) is 15.7. The third-order valence-corrected chi connectivity index (χ3v) is 3.11. The molecule has 6 heteroatoms. The molecule has 1 aromatic carbocycles. The quantitative estimate of drug-likeness (QED) is 0.606. The van der Waals surface area contributed by atoms with Crippen LogP contribution in [-0.4, -0.2) is 42.4 Å². The van der Waals surface area contributed by atoms with Crippen LogP contribution in [0, 0.1) is 0 Å². The van der Waals surface area contributed by atoms with Crippen molar-refractivity contribution in [3.8, 4) is 0 Å². The van der Waals surface area contributed by atoms with Gasteiger partial charge in [0.1, 0.15) is 5.15 Å². The second-order valence-electron chi connectivity index (χ2n) is 4.46. The number of aliphatic hydroxyl groups excluding tert-OH is 1. The van der Waals surface area contributed by atoms with E-state index < -0.39 is 0 Å². The minimum Gasteiger partial charge on any atom is -0.394 e. The van der Waals surface area contributed by atoms with Crippen molar-refractivity contribution in [1.29, 1.82) is 0 Å². The van der Waals surface area contributed by atoms with Crippen LogP contribution >= 0.6 is 11.6 Å². The number of fused-ring (bicyclic) bond motifs is 1. The van der Waals surface area contributed by atoms with E-state index in [1.165, 1.54) is 0 Å². The molecule has 0 aliphatic heterocycles. The summed E-state index contributed by atoms with van der Waals surface area (Å²) in [7, 11) is 0. The molecule has 112 valence electrons. The lowest BCUT2D eigenvalue weighted by atomic mass is 10.1. The van der Waals surface area contributed by atoms with Gasteiger partial charge in [0.15, 0.2) is 0 Å². The molecule has 0 spiro atoms. The molecule has 0 unspecified atom stereocenters. The highest BCUT2D eigenvalue weighted by atomic mass is 35.5. The van der Waals surface area contributed by atoms with Gasteiger partial charge in [0, 0.05) is 18.5 Å². The molecular formula is C15H17ClN2O3. The zero-order valence-corrected chi connectivity index (χ0v) is 12.3. The van der Waals surface area contributed by atoms with Crippen molar-refractivity contribution in [2.75, 3.05) is 26.4 Å². The Morgan fingerprint density at radius 1 is 1.33 bits per heavy atom. The molecule has 0 bridgehead atoms. The van der Waals surface area contributed by atoms with Gasteiger partial charge < -0.3 is 15.2 Å². The first-order chi connectivity index (χ1) is 10.2. The molecular weight excluding hydrogens is 292 g/mol. The number of amides is 1. The molecule has 1 aromatic heterocycles. The maximum absolute atomic E-state index is 12.2. The summed E-state index contributed by atoms with van der Waals surface area (Å²) in [6.45, 7) is 1.32. The van der Waals surface area contributed by atoms with Crippen LogP contribution in [0.5, 0.6) is 0 Å². The van der Waals surface area contributed by atoms with Crippen molar-refractivity contribution in [2.24, 2.45) is 0 Å². The molecule has 5 nitrogen and oxygen atoms in total. The normalized spacial score (nSPS) is 10.8. The van der Waals surface area contributed by atoms with E-state index in [0.29, 0.717) is 42.4 Å². The number of nitrogens with one attached hydrogen (secondary N) is 1. The van der Waals surface area contributed by atoms with Crippen molar-refractivity contribution < 1.29 is 14.6 Å². The number of para-hydroxylation sites is 1. The lowest BCUT2D eigenvalue weighted by molar-refractivity contribution is 0.0868. The second-order valence-corrected chi connectivity index (χ2v) is 4.84. The minimum absolute atomic E-state index is 0.00780. The van der Waals surface area contributed by atoms with E-state index in [9.17, 15) is 4.79 Å². The fraction of sp³-hybridized carbons (Fsp3) is 0.333. The Morgan fingerprint density at radius 2 is 2.14 bits per heavy atom. The van der Waals surface area contributed by atoms with Gasteiger partial charge in [-0.05, 0) is 18.6 Å². The Kier molecular flexibility index (Phi) is 5.92. The Balaban J connectivity index is 1.99.